The van der Waals surface area contributed by atoms with Crippen LogP contribution in [0.15, 0.2) is 52.1 Å². The highest BCUT2D eigenvalue weighted by Crippen LogP contribution is 2.24. The molecule has 2 aromatic rings. The number of para-hydroxylation sites is 1. The number of halogens is 2. The van der Waals surface area contributed by atoms with Gasteiger partial charge in [-0.2, -0.15) is 0 Å². The summed E-state index contributed by atoms with van der Waals surface area (Å²) in [6, 6.07) is 12.0. The number of hydrogen-bond donors (Lipinski definition) is 1. The molecule has 0 bridgehead atoms. The average Bonchev–Trinajstić information content (AvgIpc) is 3.12. The molecule has 0 aliphatic carbocycles. The Bertz CT molecular complexity index is 669. The summed E-state index contributed by atoms with van der Waals surface area (Å²) in [6.07, 6.45) is 3.94. The first-order valence-corrected chi connectivity index (χ1v) is 9.23. The summed E-state index contributed by atoms with van der Waals surface area (Å²) < 4.78 is 12.7. The Morgan fingerprint density at radius 3 is 2.68 bits per heavy atom. The minimum atomic E-state index is 0. The molecule has 1 saturated heterocycles. The second-order valence-corrected chi connectivity index (χ2v) is 6.88. The van der Waals surface area contributed by atoms with Crippen LogP contribution in [-0.2, 0) is 6.54 Å². The van der Waals surface area contributed by atoms with Crippen LogP contribution in [0.1, 0.15) is 18.6 Å². The number of rotatable bonds is 4. The van der Waals surface area contributed by atoms with E-state index in [2.05, 4.69) is 43.9 Å². The van der Waals surface area contributed by atoms with E-state index >= 15 is 0 Å². The molecule has 0 amide bonds. The van der Waals surface area contributed by atoms with Crippen LogP contribution < -0.4 is 10.1 Å². The molecule has 0 saturated carbocycles. The summed E-state index contributed by atoms with van der Waals surface area (Å²) in [4.78, 5) is 6.66. The zero-order chi connectivity index (χ0) is 16.8. The molecule has 1 aliphatic rings. The van der Waals surface area contributed by atoms with Gasteiger partial charge in [0.1, 0.15) is 17.6 Å². The molecule has 1 aromatic heterocycles. The first-order chi connectivity index (χ1) is 11.8. The van der Waals surface area contributed by atoms with Crippen molar-refractivity contribution in [3.05, 3.63) is 52.0 Å². The van der Waals surface area contributed by atoms with E-state index in [0.717, 1.165) is 47.0 Å². The highest BCUT2D eigenvalue weighted by Gasteiger charge is 2.23. The van der Waals surface area contributed by atoms with Crippen LogP contribution in [-0.4, -0.2) is 37.1 Å². The van der Waals surface area contributed by atoms with Crippen LogP contribution in [0.5, 0.6) is 5.75 Å². The summed E-state index contributed by atoms with van der Waals surface area (Å²) >= 11 is 2.32. The number of benzene rings is 1. The summed E-state index contributed by atoms with van der Waals surface area (Å²) in [5.74, 6) is 2.81. The van der Waals surface area contributed by atoms with E-state index in [0.29, 0.717) is 6.54 Å². The van der Waals surface area contributed by atoms with Crippen molar-refractivity contribution < 1.29 is 9.15 Å². The zero-order valence-corrected chi connectivity index (χ0v) is 18.6. The lowest BCUT2D eigenvalue weighted by Crippen LogP contribution is -2.47. The fourth-order valence-electron chi connectivity index (χ4n) is 2.82. The van der Waals surface area contributed by atoms with Crippen molar-refractivity contribution in [2.24, 2.45) is 4.99 Å². The van der Waals surface area contributed by atoms with Crippen molar-refractivity contribution in [2.75, 3.05) is 20.1 Å². The van der Waals surface area contributed by atoms with Gasteiger partial charge in [-0.15, -0.1) is 24.0 Å². The summed E-state index contributed by atoms with van der Waals surface area (Å²) in [5.41, 5.74) is 0. The van der Waals surface area contributed by atoms with Crippen LogP contribution in [0.3, 0.4) is 0 Å². The normalized spacial score (nSPS) is 15.6. The molecule has 0 spiro atoms. The third-order valence-electron chi connectivity index (χ3n) is 4.08. The maximum absolute atomic E-state index is 6.16. The molecule has 1 aromatic carbocycles. The van der Waals surface area contributed by atoms with E-state index in [4.69, 9.17) is 9.15 Å². The Balaban J connectivity index is 0.00000225. The molecule has 7 heteroatoms. The third kappa shape index (κ3) is 5.77. The molecule has 1 fully saturated rings. The van der Waals surface area contributed by atoms with Gasteiger partial charge in [-0.1, -0.05) is 12.1 Å². The Hall–Kier alpha value is -0.970. The molecule has 25 heavy (non-hydrogen) atoms. The lowest BCUT2D eigenvalue weighted by Gasteiger charge is -2.34. The largest absolute Gasteiger partial charge is 0.489 e. The molecule has 0 unspecified atom stereocenters. The lowest BCUT2D eigenvalue weighted by atomic mass is 10.1. The number of nitrogens with one attached hydrogen (secondary N) is 1. The van der Waals surface area contributed by atoms with Crippen LogP contribution in [0.2, 0.25) is 0 Å². The Kier molecular flexibility index (Phi) is 8.34. The van der Waals surface area contributed by atoms with Gasteiger partial charge in [0.2, 0.25) is 0 Å². The second kappa shape index (κ2) is 10.2. The van der Waals surface area contributed by atoms with Crippen LogP contribution in [0.4, 0.5) is 0 Å². The van der Waals surface area contributed by atoms with E-state index in [1.54, 1.807) is 6.26 Å². The van der Waals surface area contributed by atoms with Gasteiger partial charge in [0.05, 0.1) is 16.4 Å². The number of likely N-dealkylation sites (tertiary alicyclic amines) is 1. The van der Waals surface area contributed by atoms with Gasteiger partial charge in [-0.25, -0.2) is 0 Å². The average molecular weight is 567 g/mol. The SMILES string of the molecule is CN=C(NCc1ccco1)N1CCC(Oc2ccccc2I)CC1.I. The third-order valence-corrected chi connectivity index (χ3v) is 4.98. The number of ether oxygens (including phenoxy) is 1. The standard InChI is InChI=1S/C18H22IN3O2.HI/c1-20-18(21-13-15-5-4-12-23-15)22-10-8-14(9-11-22)24-17-7-3-2-6-16(17)19;/h2-7,12,14H,8-11,13H2,1H3,(H,20,21);1H. The van der Waals surface area contributed by atoms with Gasteiger partial charge < -0.3 is 19.4 Å². The van der Waals surface area contributed by atoms with Crippen molar-refractivity contribution in [3.63, 3.8) is 0 Å². The fraction of sp³-hybridized carbons (Fsp3) is 0.389. The number of hydrogen-bond acceptors (Lipinski definition) is 3. The highest BCUT2D eigenvalue weighted by atomic mass is 127. The van der Waals surface area contributed by atoms with E-state index in [9.17, 15) is 0 Å². The maximum atomic E-state index is 6.16. The molecule has 0 atom stereocenters. The van der Waals surface area contributed by atoms with E-state index in [1.165, 1.54) is 0 Å². The van der Waals surface area contributed by atoms with Gasteiger partial charge in [-0.3, -0.25) is 4.99 Å². The number of aliphatic imine (C=N–C) groups is 1. The predicted molar refractivity (Wildman–Crippen MR) is 119 cm³/mol. The van der Waals surface area contributed by atoms with Gasteiger partial charge in [-0.05, 0) is 46.9 Å². The Labute approximate surface area is 179 Å². The fourth-order valence-corrected chi connectivity index (χ4v) is 3.33. The predicted octanol–water partition coefficient (Wildman–Crippen LogP) is 4.12. The van der Waals surface area contributed by atoms with Crippen LogP contribution in [0.25, 0.3) is 0 Å². The summed E-state index contributed by atoms with van der Waals surface area (Å²) in [5, 5.41) is 3.36. The van der Waals surface area contributed by atoms with Crippen molar-refractivity contribution in [2.45, 2.75) is 25.5 Å². The molecule has 5 nitrogen and oxygen atoms in total. The number of nitrogens with zero attached hydrogens (tertiary/aromatic N) is 2. The number of piperidine rings is 1. The van der Waals surface area contributed by atoms with Crippen LogP contribution in [0, 0.1) is 3.57 Å². The van der Waals surface area contributed by atoms with Crippen molar-refractivity contribution in [1.82, 2.24) is 10.2 Å². The van der Waals surface area contributed by atoms with Crippen molar-refractivity contribution in [3.8, 4) is 5.75 Å². The first-order valence-electron chi connectivity index (χ1n) is 8.15. The lowest BCUT2D eigenvalue weighted by molar-refractivity contribution is 0.128. The van der Waals surface area contributed by atoms with Gasteiger partial charge >= 0.3 is 0 Å². The summed E-state index contributed by atoms with van der Waals surface area (Å²) in [7, 11) is 1.82. The molecule has 2 heterocycles. The minimum absolute atomic E-state index is 0. The smallest absolute Gasteiger partial charge is 0.194 e. The molecular formula is C18H23I2N3O2. The van der Waals surface area contributed by atoms with Crippen molar-refractivity contribution >= 4 is 52.5 Å². The quantitative estimate of drug-likeness (QED) is 0.344. The monoisotopic (exact) mass is 567 g/mol. The maximum Gasteiger partial charge on any atom is 0.194 e. The first kappa shape index (κ1) is 20.3. The highest BCUT2D eigenvalue weighted by molar-refractivity contribution is 14.1. The zero-order valence-electron chi connectivity index (χ0n) is 14.2. The second-order valence-electron chi connectivity index (χ2n) is 5.71. The molecule has 1 N–H and O–H groups in total. The molecule has 1 aliphatic heterocycles. The minimum Gasteiger partial charge on any atom is -0.489 e. The Morgan fingerprint density at radius 2 is 2.04 bits per heavy atom. The Morgan fingerprint density at radius 1 is 1.28 bits per heavy atom. The van der Waals surface area contributed by atoms with Gasteiger partial charge in [0, 0.05) is 33.0 Å². The summed E-state index contributed by atoms with van der Waals surface area (Å²) in [6.45, 7) is 2.52. The van der Waals surface area contributed by atoms with Crippen LogP contribution >= 0.6 is 46.6 Å². The van der Waals surface area contributed by atoms with E-state index in [1.807, 2.05) is 37.4 Å². The topological polar surface area (TPSA) is 50.0 Å². The number of guanidine groups is 1. The molecule has 136 valence electrons. The van der Waals surface area contributed by atoms with E-state index in [-0.39, 0.29) is 30.1 Å². The molecule has 0 radical (unpaired) electrons. The van der Waals surface area contributed by atoms with Crippen molar-refractivity contribution in [1.29, 1.82) is 0 Å². The number of furan rings is 1. The molecular weight excluding hydrogens is 544 g/mol. The van der Waals surface area contributed by atoms with E-state index < -0.39 is 0 Å². The van der Waals surface area contributed by atoms with Gasteiger partial charge in [0.15, 0.2) is 5.96 Å². The van der Waals surface area contributed by atoms with Gasteiger partial charge in [0.25, 0.3) is 0 Å². The molecule has 3 rings (SSSR count).